The maximum atomic E-state index is 12.8. The van der Waals surface area contributed by atoms with E-state index in [1.54, 1.807) is 30.8 Å². The maximum Gasteiger partial charge on any atom is 0.123 e. The van der Waals surface area contributed by atoms with Crippen LogP contribution < -0.4 is 0 Å². The van der Waals surface area contributed by atoms with Gasteiger partial charge >= 0.3 is 0 Å². The highest BCUT2D eigenvalue weighted by Crippen LogP contribution is 2.34. The summed E-state index contributed by atoms with van der Waals surface area (Å²) in [7, 11) is 0. The van der Waals surface area contributed by atoms with Crippen molar-refractivity contribution >= 4 is 27.7 Å². The van der Waals surface area contributed by atoms with Crippen molar-refractivity contribution < 1.29 is 9.50 Å². The summed E-state index contributed by atoms with van der Waals surface area (Å²) in [5, 5.41) is 9.49. The van der Waals surface area contributed by atoms with E-state index in [0.717, 1.165) is 19.8 Å². The molecule has 0 aliphatic heterocycles. The third kappa shape index (κ3) is 3.34. The van der Waals surface area contributed by atoms with Crippen LogP contribution in [0.3, 0.4) is 0 Å². The summed E-state index contributed by atoms with van der Waals surface area (Å²) in [4.78, 5) is 2.01. The maximum absolute atomic E-state index is 12.8. The van der Waals surface area contributed by atoms with Gasteiger partial charge in [0.15, 0.2) is 0 Å². The van der Waals surface area contributed by atoms with Crippen LogP contribution in [-0.2, 0) is 0 Å². The van der Waals surface area contributed by atoms with Gasteiger partial charge < -0.3 is 5.11 Å². The Hall–Kier alpha value is -0.840. The molecule has 2 rings (SSSR count). The number of benzene rings is 2. The highest BCUT2D eigenvalue weighted by Gasteiger charge is 2.06. The molecule has 2 aromatic rings. The average Bonchev–Trinajstić information content (AvgIpc) is 2.34. The highest BCUT2D eigenvalue weighted by molar-refractivity contribution is 9.10. The Morgan fingerprint density at radius 3 is 2.39 bits per heavy atom. The van der Waals surface area contributed by atoms with Gasteiger partial charge in [-0.1, -0.05) is 17.8 Å². The second kappa shape index (κ2) is 5.87. The fourth-order valence-electron chi connectivity index (χ4n) is 1.49. The summed E-state index contributed by atoms with van der Waals surface area (Å²) in [6, 6.07) is 12.1. The summed E-state index contributed by atoms with van der Waals surface area (Å²) in [6.45, 7) is 1.73. The molecule has 0 saturated heterocycles. The normalized spacial score (nSPS) is 12.4. The van der Waals surface area contributed by atoms with Gasteiger partial charge in [0.25, 0.3) is 0 Å². The van der Waals surface area contributed by atoms with Crippen molar-refractivity contribution in [2.75, 3.05) is 0 Å². The number of hydrogen-bond acceptors (Lipinski definition) is 2. The summed E-state index contributed by atoms with van der Waals surface area (Å²) in [5.41, 5.74) is 0.866. The van der Waals surface area contributed by atoms with Crippen molar-refractivity contribution in [1.29, 1.82) is 0 Å². The minimum atomic E-state index is -0.480. The Kier molecular flexibility index (Phi) is 4.43. The molecule has 0 bridgehead atoms. The van der Waals surface area contributed by atoms with Crippen molar-refractivity contribution in [3.05, 3.63) is 58.3 Å². The highest BCUT2D eigenvalue weighted by atomic mass is 79.9. The Morgan fingerprint density at radius 1 is 1.17 bits per heavy atom. The average molecular weight is 327 g/mol. The molecule has 18 heavy (non-hydrogen) atoms. The molecule has 2 aromatic carbocycles. The Balaban J connectivity index is 2.22. The molecule has 0 aliphatic rings. The largest absolute Gasteiger partial charge is 0.389 e. The molecule has 0 radical (unpaired) electrons. The molecule has 4 heteroatoms. The fourth-order valence-corrected chi connectivity index (χ4v) is 2.95. The molecule has 1 N–H and O–H groups in total. The van der Waals surface area contributed by atoms with E-state index in [2.05, 4.69) is 15.9 Å². The lowest BCUT2D eigenvalue weighted by molar-refractivity contribution is 0.199. The minimum absolute atomic E-state index is 0.233. The molecular formula is C14H12BrFOS. The SMILES string of the molecule is CC(O)c1ccc(Sc2ccc(F)cc2)c(Br)c1. The monoisotopic (exact) mass is 326 g/mol. The van der Waals surface area contributed by atoms with Crippen LogP contribution in [0.4, 0.5) is 4.39 Å². The third-order valence-corrected chi connectivity index (χ3v) is 4.48. The van der Waals surface area contributed by atoms with Crippen LogP contribution in [0.2, 0.25) is 0 Å². The van der Waals surface area contributed by atoms with E-state index in [0.29, 0.717) is 0 Å². The second-order valence-corrected chi connectivity index (χ2v) is 5.89. The molecule has 0 amide bonds. The quantitative estimate of drug-likeness (QED) is 0.874. The molecule has 1 atom stereocenters. The predicted octanol–water partition coefficient (Wildman–Crippen LogP) is 4.79. The standard InChI is InChI=1S/C14H12BrFOS/c1-9(17)10-2-7-14(13(15)8-10)18-12-5-3-11(16)4-6-12/h2-9,17H,1H3. The van der Waals surface area contributed by atoms with Gasteiger partial charge in [-0.15, -0.1) is 0 Å². The Morgan fingerprint density at radius 2 is 1.83 bits per heavy atom. The third-order valence-electron chi connectivity index (χ3n) is 2.48. The van der Waals surface area contributed by atoms with E-state index in [1.165, 1.54) is 12.1 Å². The first-order chi connectivity index (χ1) is 8.56. The molecule has 1 unspecified atom stereocenters. The lowest BCUT2D eigenvalue weighted by Crippen LogP contribution is -1.90. The summed E-state index contributed by atoms with van der Waals surface area (Å²) in [6.07, 6.45) is -0.480. The van der Waals surface area contributed by atoms with E-state index in [-0.39, 0.29) is 5.82 Å². The second-order valence-electron chi connectivity index (χ2n) is 3.92. The topological polar surface area (TPSA) is 20.2 Å². The van der Waals surface area contributed by atoms with Gasteiger partial charge in [-0.3, -0.25) is 0 Å². The van der Waals surface area contributed by atoms with Gasteiger partial charge in [0, 0.05) is 14.3 Å². The van der Waals surface area contributed by atoms with E-state index in [9.17, 15) is 9.50 Å². The Labute approximate surface area is 118 Å². The van der Waals surface area contributed by atoms with E-state index in [1.807, 2.05) is 18.2 Å². The molecule has 0 spiro atoms. The van der Waals surface area contributed by atoms with Crippen LogP contribution in [0.5, 0.6) is 0 Å². The van der Waals surface area contributed by atoms with Gasteiger partial charge in [0.1, 0.15) is 5.82 Å². The number of rotatable bonds is 3. The molecule has 0 aliphatic carbocycles. The van der Waals surface area contributed by atoms with E-state index in [4.69, 9.17) is 0 Å². The molecule has 94 valence electrons. The number of aliphatic hydroxyl groups is 1. The first-order valence-electron chi connectivity index (χ1n) is 5.47. The lowest BCUT2D eigenvalue weighted by Gasteiger charge is -2.09. The van der Waals surface area contributed by atoms with Gasteiger partial charge in [-0.2, -0.15) is 0 Å². The van der Waals surface area contributed by atoms with E-state index >= 15 is 0 Å². The first kappa shape index (κ1) is 13.6. The van der Waals surface area contributed by atoms with Crippen molar-refractivity contribution in [2.24, 2.45) is 0 Å². The van der Waals surface area contributed by atoms with Gasteiger partial charge in [0.2, 0.25) is 0 Å². The fraction of sp³-hybridized carbons (Fsp3) is 0.143. The number of hydrogen-bond donors (Lipinski definition) is 1. The van der Waals surface area contributed by atoms with Crippen LogP contribution >= 0.6 is 27.7 Å². The van der Waals surface area contributed by atoms with Crippen LogP contribution in [0.15, 0.2) is 56.7 Å². The van der Waals surface area contributed by atoms with Crippen molar-refractivity contribution in [3.8, 4) is 0 Å². The first-order valence-corrected chi connectivity index (χ1v) is 7.08. The van der Waals surface area contributed by atoms with Crippen LogP contribution in [0.1, 0.15) is 18.6 Å². The van der Waals surface area contributed by atoms with Gasteiger partial charge in [-0.05, 0) is 64.8 Å². The number of halogens is 2. The van der Waals surface area contributed by atoms with Crippen molar-refractivity contribution in [2.45, 2.75) is 22.8 Å². The molecular weight excluding hydrogens is 315 g/mol. The molecule has 0 heterocycles. The minimum Gasteiger partial charge on any atom is -0.389 e. The Bertz CT molecular complexity index is 540. The van der Waals surface area contributed by atoms with Crippen molar-refractivity contribution in [3.63, 3.8) is 0 Å². The number of aliphatic hydroxyl groups excluding tert-OH is 1. The van der Waals surface area contributed by atoms with Gasteiger partial charge in [-0.25, -0.2) is 4.39 Å². The van der Waals surface area contributed by atoms with Crippen LogP contribution in [0, 0.1) is 5.82 Å². The zero-order valence-electron chi connectivity index (χ0n) is 9.73. The predicted molar refractivity (Wildman–Crippen MR) is 75.3 cm³/mol. The van der Waals surface area contributed by atoms with Gasteiger partial charge in [0.05, 0.1) is 6.10 Å². The zero-order valence-corrected chi connectivity index (χ0v) is 12.1. The lowest BCUT2D eigenvalue weighted by atomic mass is 10.1. The van der Waals surface area contributed by atoms with Crippen LogP contribution in [0.25, 0.3) is 0 Å². The van der Waals surface area contributed by atoms with Crippen molar-refractivity contribution in [1.82, 2.24) is 0 Å². The smallest absolute Gasteiger partial charge is 0.123 e. The zero-order chi connectivity index (χ0) is 13.1. The van der Waals surface area contributed by atoms with Crippen LogP contribution in [-0.4, -0.2) is 5.11 Å². The molecule has 1 nitrogen and oxygen atoms in total. The summed E-state index contributed by atoms with van der Waals surface area (Å²) in [5.74, 6) is -0.233. The van der Waals surface area contributed by atoms with E-state index < -0.39 is 6.10 Å². The molecule has 0 fully saturated rings. The summed E-state index contributed by atoms with van der Waals surface area (Å²) < 4.78 is 13.7. The molecule has 0 aromatic heterocycles. The molecule has 0 saturated carbocycles. The summed E-state index contributed by atoms with van der Waals surface area (Å²) >= 11 is 5.03.